The van der Waals surface area contributed by atoms with Gasteiger partial charge in [-0.3, -0.25) is 4.90 Å². The summed E-state index contributed by atoms with van der Waals surface area (Å²) in [6.07, 6.45) is 6.38. The average molecular weight is 302 g/mol. The smallest absolute Gasteiger partial charge is 0.118 e. The SMILES string of the molecule is CCCN1CCC=C(CC/C(=N/O)c2ccc(OC)cc2)C1. The van der Waals surface area contributed by atoms with E-state index in [1.54, 1.807) is 7.11 Å². The van der Waals surface area contributed by atoms with E-state index >= 15 is 0 Å². The average Bonchev–Trinajstić information content (AvgIpc) is 2.57. The van der Waals surface area contributed by atoms with Gasteiger partial charge in [-0.2, -0.15) is 0 Å². The van der Waals surface area contributed by atoms with Gasteiger partial charge in [-0.15, -0.1) is 0 Å². The minimum atomic E-state index is 0.733. The summed E-state index contributed by atoms with van der Waals surface area (Å²) in [6, 6.07) is 7.66. The molecule has 0 saturated carbocycles. The van der Waals surface area contributed by atoms with E-state index in [0.29, 0.717) is 0 Å². The third-order valence-corrected chi connectivity index (χ3v) is 4.07. The van der Waals surface area contributed by atoms with Crippen molar-refractivity contribution in [3.05, 3.63) is 41.5 Å². The Hall–Kier alpha value is -1.81. The molecular formula is C18H26N2O2. The van der Waals surface area contributed by atoms with Crippen LogP contribution in [-0.4, -0.2) is 42.6 Å². The van der Waals surface area contributed by atoms with Crippen LogP contribution in [0.1, 0.15) is 38.2 Å². The van der Waals surface area contributed by atoms with Gasteiger partial charge >= 0.3 is 0 Å². The summed E-state index contributed by atoms with van der Waals surface area (Å²) < 4.78 is 5.16. The molecule has 1 aliphatic rings. The Morgan fingerprint density at radius 3 is 2.73 bits per heavy atom. The monoisotopic (exact) mass is 302 g/mol. The van der Waals surface area contributed by atoms with Gasteiger partial charge in [0.25, 0.3) is 0 Å². The highest BCUT2D eigenvalue weighted by atomic mass is 16.5. The Kier molecular flexibility index (Phi) is 6.46. The first-order chi connectivity index (χ1) is 10.8. The van der Waals surface area contributed by atoms with Crippen molar-refractivity contribution < 1.29 is 9.94 Å². The summed E-state index contributed by atoms with van der Waals surface area (Å²) >= 11 is 0. The van der Waals surface area contributed by atoms with Crippen LogP contribution in [0.25, 0.3) is 0 Å². The predicted octanol–water partition coefficient (Wildman–Crippen LogP) is 3.70. The largest absolute Gasteiger partial charge is 0.497 e. The molecule has 0 atom stereocenters. The van der Waals surface area contributed by atoms with Gasteiger partial charge in [-0.25, -0.2) is 0 Å². The fraction of sp³-hybridized carbons (Fsp3) is 0.500. The Morgan fingerprint density at radius 2 is 2.09 bits per heavy atom. The lowest BCUT2D eigenvalue weighted by atomic mass is 9.99. The molecule has 0 bridgehead atoms. The molecule has 1 aliphatic heterocycles. The molecular weight excluding hydrogens is 276 g/mol. The van der Waals surface area contributed by atoms with Crippen molar-refractivity contribution in [3.8, 4) is 5.75 Å². The number of benzene rings is 1. The number of rotatable bonds is 7. The number of methoxy groups -OCH3 is 1. The normalized spacial score (nSPS) is 16.5. The third kappa shape index (κ3) is 4.60. The molecule has 0 saturated heterocycles. The molecule has 2 rings (SSSR count). The first-order valence-electron chi connectivity index (χ1n) is 8.02. The van der Waals surface area contributed by atoms with Crippen LogP contribution >= 0.6 is 0 Å². The van der Waals surface area contributed by atoms with Gasteiger partial charge in [0, 0.05) is 13.1 Å². The van der Waals surface area contributed by atoms with Crippen LogP contribution in [0.2, 0.25) is 0 Å². The van der Waals surface area contributed by atoms with Crippen LogP contribution in [0.3, 0.4) is 0 Å². The third-order valence-electron chi connectivity index (χ3n) is 4.07. The van der Waals surface area contributed by atoms with Gasteiger partial charge in [-0.05, 0) is 62.1 Å². The standard InChI is InChI=1S/C18H26N2O2/c1-3-12-20-13-4-5-15(14-20)6-11-18(19-21)16-7-9-17(22-2)10-8-16/h5,7-10,21H,3-4,6,11-14H2,1-2H3/b19-18-. The molecule has 4 heteroatoms. The van der Waals surface area contributed by atoms with Crippen LogP contribution in [0.15, 0.2) is 41.1 Å². The topological polar surface area (TPSA) is 45.1 Å². The van der Waals surface area contributed by atoms with Gasteiger partial charge in [0.15, 0.2) is 0 Å². The van der Waals surface area contributed by atoms with Gasteiger partial charge < -0.3 is 9.94 Å². The fourth-order valence-electron chi connectivity index (χ4n) is 2.88. The van der Waals surface area contributed by atoms with Crippen molar-refractivity contribution >= 4 is 5.71 Å². The van der Waals surface area contributed by atoms with Gasteiger partial charge in [-0.1, -0.05) is 23.7 Å². The zero-order valence-corrected chi connectivity index (χ0v) is 13.6. The number of hydrogen-bond donors (Lipinski definition) is 1. The molecule has 0 unspecified atom stereocenters. The summed E-state index contributed by atoms with van der Waals surface area (Å²) in [7, 11) is 1.65. The second kappa shape index (κ2) is 8.59. The molecule has 0 amide bonds. The number of oxime groups is 1. The Bertz CT molecular complexity index is 520. The molecule has 0 aromatic heterocycles. The molecule has 0 spiro atoms. The molecule has 0 radical (unpaired) electrons. The molecule has 1 aromatic rings. The van der Waals surface area contributed by atoms with Crippen molar-refractivity contribution in [2.75, 3.05) is 26.7 Å². The summed E-state index contributed by atoms with van der Waals surface area (Å²) in [6.45, 7) is 5.60. The summed E-state index contributed by atoms with van der Waals surface area (Å²) in [4.78, 5) is 2.50. The lowest BCUT2D eigenvalue weighted by Crippen LogP contribution is -2.30. The first-order valence-corrected chi connectivity index (χ1v) is 8.02. The second-order valence-corrected chi connectivity index (χ2v) is 5.70. The van der Waals surface area contributed by atoms with Gasteiger partial charge in [0.2, 0.25) is 0 Å². The number of ether oxygens (including phenoxy) is 1. The van der Waals surface area contributed by atoms with E-state index in [1.165, 1.54) is 12.0 Å². The van der Waals surface area contributed by atoms with E-state index in [1.807, 2.05) is 24.3 Å². The van der Waals surface area contributed by atoms with Crippen LogP contribution in [0.4, 0.5) is 0 Å². The van der Waals surface area contributed by atoms with Crippen LogP contribution in [0.5, 0.6) is 5.75 Å². The molecule has 120 valence electrons. The molecule has 1 N–H and O–H groups in total. The van der Waals surface area contributed by atoms with Crippen LogP contribution in [0, 0.1) is 0 Å². The van der Waals surface area contributed by atoms with E-state index in [-0.39, 0.29) is 0 Å². The lowest BCUT2D eigenvalue weighted by Gasteiger charge is -2.26. The summed E-state index contributed by atoms with van der Waals surface area (Å²) in [5, 5.41) is 12.8. The molecule has 4 nitrogen and oxygen atoms in total. The minimum absolute atomic E-state index is 0.733. The van der Waals surface area contributed by atoms with Crippen molar-refractivity contribution in [1.82, 2.24) is 4.90 Å². The van der Waals surface area contributed by atoms with Crippen molar-refractivity contribution in [2.45, 2.75) is 32.6 Å². The Labute approximate surface area is 133 Å². The van der Waals surface area contributed by atoms with E-state index in [2.05, 4.69) is 23.1 Å². The van der Waals surface area contributed by atoms with Gasteiger partial charge in [0.05, 0.1) is 12.8 Å². The maximum atomic E-state index is 9.30. The maximum absolute atomic E-state index is 9.30. The highest BCUT2D eigenvalue weighted by Crippen LogP contribution is 2.18. The zero-order valence-electron chi connectivity index (χ0n) is 13.6. The van der Waals surface area contributed by atoms with E-state index in [4.69, 9.17) is 4.74 Å². The summed E-state index contributed by atoms with van der Waals surface area (Å²) in [5.74, 6) is 0.811. The minimum Gasteiger partial charge on any atom is -0.497 e. The summed E-state index contributed by atoms with van der Waals surface area (Å²) in [5.41, 5.74) is 3.13. The first kappa shape index (κ1) is 16.6. The van der Waals surface area contributed by atoms with Crippen molar-refractivity contribution in [3.63, 3.8) is 0 Å². The van der Waals surface area contributed by atoms with Gasteiger partial charge in [0.1, 0.15) is 5.75 Å². The Morgan fingerprint density at radius 1 is 1.32 bits per heavy atom. The number of hydrogen-bond acceptors (Lipinski definition) is 4. The molecule has 1 heterocycles. The number of nitrogens with zero attached hydrogens (tertiary/aromatic N) is 2. The highest BCUT2D eigenvalue weighted by Gasteiger charge is 2.13. The Balaban J connectivity index is 1.92. The molecule has 0 fully saturated rings. The predicted molar refractivity (Wildman–Crippen MR) is 90.0 cm³/mol. The fourth-order valence-corrected chi connectivity index (χ4v) is 2.88. The van der Waals surface area contributed by atoms with E-state index < -0.39 is 0 Å². The highest BCUT2D eigenvalue weighted by molar-refractivity contribution is 6.00. The van der Waals surface area contributed by atoms with Crippen LogP contribution in [-0.2, 0) is 0 Å². The van der Waals surface area contributed by atoms with E-state index in [9.17, 15) is 5.21 Å². The van der Waals surface area contributed by atoms with Crippen molar-refractivity contribution in [2.24, 2.45) is 5.16 Å². The quantitative estimate of drug-likeness (QED) is 0.361. The second-order valence-electron chi connectivity index (χ2n) is 5.70. The van der Waals surface area contributed by atoms with E-state index in [0.717, 1.165) is 55.9 Å². The molecule has 1 aromatic carbocycles. The molecule has 22 heavy (non-hydrogen) atoms. The van der Waals surface area contributed by atoms with Crippen molar-refractivity contribution in [1.29, 1.82) is 0 Å². The lowest BCUT2D eigenvalue weighted by molar-refractivity contribution is 0.287. The maximum Gasteiger partial charge on any atom is 0.118 e. The zero-order chi connectivity index (χ0) is 15.8. The van der Waals surface area contributed by atoms with Crippen LogP contribution < -0.4 is 4.74 Å². The molecule has 0 aliphatic carbocycles.